The number of fused-ring (bicyclic) bond motifs is 12. The van der Waals surface area contributed by atoms with Crippen LogP contribution >= 0.6 is 0 Å². The highest BCUT2D eigenvalue weighted by Crippen LogP contribution is 2.45. The summed E-state index contributed by atoms with van der Waals surface area (Å²) in [6.07, 6.45) is 0. The molecule has 9 aromatic heterocycles. The number of aryl methyl sites for hydroxylation is 6. The van der Waals surface area contributed by atoms with Crippen molar-refractivity contribution in [3.63, 3.8) is 0 Å². The van der Waals surface area contributed by atoms with Gasteiger partial charge in [-0.05, 0) is 134 Å². The third-order valence-electron chi connectivity index (χ3n) is 28.0. The maximum absolute atomic E-state index is 5.14. The molecule has 0 atom stereocenters. The minimum Gasteiger partial charge on any atom is -0.258 e. The summed E-state index contributed by atoms with van der Waals surface area (Å²) < 4.78 is 0. The van der Waals surface area contributed by atoms with Crippen LogP contribution in [0.2, 0.25) is 0 Å². The van der Waals surface area contributed by atoms with E-state index in [4.69, 9.17) is 69.8 Å². The van der Waals surface area contributed by atoms with Crippen molar-refractivity contribution in [2.45, 2.75) is 41.5 Å². The molecule has 0 aliphatic rings. The van der Waals surface area contributed by atoms with Crippen LogP contribution in [0, 0.1) is 41.5 Å². The molecule has 0 saturated heterocycles. The van der Waals surface area contributed by atoms with Crippen molar-refractivity contribution in [1.82, 2.24) is 74.8 Å². The number of hydrogen-bond donors (Lipinski definition) is 0. The molecule has 27 aromatic rings. The third-order valence-corrected chi connectivity index (χ3v) is 28.0. The fourth-order valence-corrected chi connectivity index (χ4v) is 20.7. The zero-order valence-electron chi connectivity index (χ0n) is 83.0. The third kappa shape index (κ3) is 17.8. The van der Waals surface area contributed by atoms with E-state index in [0.29, 0.717) is 52.4 Å². The summed E-state index contributed by atoms with van der Waals surface area (Å²) >= 11 is 0. The maximum Gasteiger partial charge on any atom is 0.164 e. The highest BCUT2D eigenvalue weighted by Gasteiger charge is 2.25. The van der Waals surface area contributed by atoms with Crippen LogP contribution in [0.1, 0.15) is 34.2 Å². The monoisotopic (exact) mass is 1920 g/mol. The molecule has 0 N–H and O–H groups in total. The van der Waals surface area contributed by atoms with E-state index < -0.39 is 0 Å². The van der Waals surface area contributed by atoms with Crippen LogP contribution in [-0.2, 0) is 0 Å². The topological polar surface area (TPSA) is 193 Å². The molecule has 150 heavy (non-hydrogen) atoms. The van der Waals surface area contributed by atoms with E-state index in [1.165, 1.54) is 32.8 Å². The van der Waals surface area contributed by atoms with Gasteiger partial charge in [0, 0.05) is 166 Å². The van der Waals surface area contributed by atoms with E-state index in [-0.39, 0.29) is 0 Å². The molecule has 27 rings (SSSR count). The van der Waals surface area contributed by atoms with Crippen molar-refractivity contribution in [3.8, 4) is 169 Å². The van der Waals surface area contributed by atoms with Gasteiger partial charge in [-0.25, -0.2) is 59.8 Å². The van der Waals surface area contributed by atoms with Gasteiger partial charge in [0.05, 0.1) is 33.1 Å². The van der Waals surface area contributed by atoms with E-state index in [1.807, 2.05) is 163 Å². The lowest BCUT2D eigenvalue weighted by molar-refractivity contribution is 1.07. The Morgan fingerprint density at radius 1 is 0.127 bits per heavy atom. The van der Waals surface area contributed by atoms with E-state index in [2.05, 4.69) is 339 Å². The fraction of sp³-hybridized carbons (Fsp3) is 0.0444. The van der Waals surface area contributed by atoms with Gasteiger partial charge >= 0.3 is 0 Å². The first-order valence-electron chi connectivity index (χ1n) is 50.3. The first-order chi connectivity index (χ1) is 73.8. The Morgan fingerprint density at radius 3 is 0.713 bits per heavy atom. The molecular weight excluding hydrogens is 1830 g/mol. The van der Waals surface area contributed by atoms with Gasteiger partial charge in [-0.3, -0.25) is 15.0 Å². The van der Waals surface area contributed by atoms with Crippen molar-refractivity contribution in [2.24, 2.45) is 0 Å². The standard InChI is InChI=1S/3C45H31N5/c1-28-20-26-34(29(2)46-28)36-16-8-9-17-37(36)45-49-43(32-13-4-3-5-14-32)48-44(50-45)33-23-21-31(22-24-33)41-38-18-10-11-19-40(38)47-42-35-15-7-6-12-30(35)25-27-39(41)42;1-28-19-25-36(29(2)46-28)34-14-10-15-35(27-34)45-49-43(32-12-4-3-5-13-32)48-44(50-45)33-22-20-31(21-23-33)41-38-17-8-9-18-40(38)47-42-37-16-7-6-11-30(37)24-26-39(41)42;1-28-16-26-36(29(2)46-28)31-17-21-34(22-18-31)44-48-43(33-11-4-3-5-12-33)49-45(50-44)35-23-19-32(20-24-35)41-38-14-8-9-15-40(38)47-42-37-13-7-6-10-30(37)25-27-39(41)42/h3*3-27H,1-2H3. The first kappa shape index (κ1) is 91.4. The normalized spacial score (nSPS) is 11.4. The van der Waals surface area contributed by atoms with Gasteiger partial charge in [0.15, 0.2) is 52.4 Å². The minimum absolute atomic E-state index is 0.615. The molecule has 0 saturated carbocycles. The summed E-state index contributed by atoms with van der Waals surface area (Å²) in [5.74, 6) is 5.61. The Bertz CT molecular complexity index is 9950. The van der Waals surface area contributed by atoms with Crippen molar-refractivity contribution in [1.29, 1.82) is 0 Å². The van der Waals surface area contributed by atoms with Gasteiger partial charge in [0.1, 0.15) is 0 Å². The van der Waals surface area contributed by atoms with Crippen LogP contribution < -0.4 is 0 Å². The lowest BCUT2D eigenvalue weighted by Gasteiger charge is -2.14. The van der Waals surface area contributed by atoms with Gasteiger partial charge < -0.3 is 0 Å². The van der Waals surface area contributed by atoms with Crippen molar-refractivity contribution >= 4 is 97.7 Å². The summed E-state index contributed by atoms with van der Waals surface area (Å²) in [5.41, 5.74) is 33.6. The predicted octanol–water partition coefficient (Wildman–Crippen LogP) is 33.2. The van der Waals surface area contributed by atoms with Gasteiger partial charge in [-0.1, -0.05) is 413 Å². The molecular formula is C135H93N15. The number of hydrogen-bond acceptors (Lipinski definition) is 15. The molecule has 0 bridgehead atoms. The molecule has 15 heteroatoms. The quantitative estimate of drug-likeness (QED) is 0.0694. The van der Waals surface area contributed by atoms with Crippen LogP contribution in [-0.4, -0.2) is 74.8 Å². The Hall–Kier alpha value is -19.8. The number of benzene rings is 18. The number of nitrogens with zero attached hydrogens (tertiary/aromatic N) is 15. The Balaban J connectivity index is 0.000000116. The molecule has 0 aliphatic carbocycles. The average Bonchev–Trinajstić information content (AvgIpc) is 0.745. The summed E-state index contributed by atoms with van der Waals surface area (Å²) in [6, 6.07) is 157. The molecule has 0 aliphatic heterocycles. The van der Waals surface area contributed by atoms with Crippen molar-refractivity contribution in [2.75, 3.05) is 0 Å². The Kier molecular flexibility index (Phi) is 24.0. The molecule has 18 aromatic carbocycles. The van der Waals surface area contributed by atoms with Crippen LogP contribution in [0.4, 0.5) is 0 Å². The SMILES string of the molecule is Cc1ccc(-c2ccc(-c3nc(-c4ccccc4)nc(-c4ccc(-c5c6ccccc6nc6c5ccc5ccccc56)cc4)n3)cc2)c(C)n1.Cc1ccc(-c2cccc(-c3nc(-c4ccccc4)nc(-c4ccc(-c5c6ccccc6nc6c5ccc5ccccc56)cc4)n3)c2)c(C)n1.Cc1ccc(-c2ccccc2-c2nc(-c3ccccc3)nc(-c3ccc(-c4c5ccccc5nc5c4ccc4ccccc45)cc3)n2)c(C)n1. The minimum atomic E-state index is 0.615. The van der Waals surface area contributed by atoms with Gasteiger partial charge in [0.2, 0.25) is 0 Å². The summed E-state index contributed by atoms with van der Waals surface area (Å²) in [5, 5.41) is 13.7. The van der Waals surface area contributed by atoms with E-state index in [1.54, 1.807) is 0 Å². The van der Waals surface area contributed by atoms with Gasteiger partial charge in [-0.15, -0.1) is 0 Å². The molecule has 708 valence electrons. The van der Waals surface area contributed by atoms with Crippen molar-refractivity contribution in [3.05, 3.63) is 489 Å². The number of pyridine rings is 6. The molecule has 15 nitrogen and oxygen atoms in total. The van der Waals surface area contributed by atoms with Crippen LogP contribution in [0.25, 0.3) is 267 Å². The highest BCUT2D eigenvalue weighted by atomic mass is 15.1. The molecule has 0 fully saturated rings. The van der Waals surface area contributed by atoms with Crippen molar-refractivity contribution < 1.29 is 0 Å². The first-order valence-corrected chi connectivity index (χ1v) is 50.3. The number of para-hydroxylation sites is 3. The Labute approximate surface area is 866 Å². The van der Waals surface area contributed by atoms with E-state index in [9.17, 15) is 0 Å². The Morgan fingerprint density at radius 2 is 0.373 bits per heavy atom. The van der Waals surface area contributed by atoms with Crippen LogP contribution in [0.5, 0.6) is 0 Å². The lowest BCUT2D eigenvalue weighted by atomic mass is 9.93. The number of rotatable bonds is 15. The zero-order valence-corrected chi connectivity index (χ0v) is 83.0. The lowest BCUT2D eigenvalue weighted by Crippen LogP contribution is -2.01. The zero-order chi connectivity index (χ0) is 101. The van der Waals surface area contributed by atoms with Gasteiger partial charge in [-0.2, -0.15) is 0 Å². The summed E-state index contributed by atoms with van der Waals surface area (Å²) in [6.45, 7) is 12.2. The number of aromatic nitrogens is 15. The molecule has 0 unspecified atom stereocenters. The second-order valence-corrected chi connectivity index (χ2v) is 37.8. The molecule has 0 radical (unpaired) electrons. The highest BCUT2D eigenvalue weighted by molar-refractivity contribution is 6.20. The fourth-order valence-electron chi connectivity index (χ4n) is 20.7. The van der Waals surface area contributed by atoms with E-state index in [0.717, 1.165) is 216 Å². The smallest absolute Gasteiger partial charge is 0.164 e. The largest absolute Gasteiger partial charge is 0.258 e. The predicted molar refractivity (Wildman–Crippen MR) is 614 cm³/mol. The van der Waals surface area contributed by atoms with Crippen LogP contribution in [0.15, 0.2) is 455 Å². The van der Waals surface area contributed by atoms with Crippen LogP contribution in [0.3, 0.4) is 0 Å². The summed E-state index contributed by atoms with van der Waals surface area (Å²) in [7, 11) is 0. The second-order valence-electron chi connectivity index (χ2n) is 37.8. The molecule has 9 heterocycles. The maximum atomic E-state index is 5.14. The van der Waals surface area contributed by atoms with E-state index >= 15 is 0 Å². The molecule has 0 amide bonds. The average molecular weight is 1930 g/mol. The van der Waals surface area contributed by atoms with Gasteiger partial charge in [0.25, 0.3) is 0 Å². The molecule has 0 spiro atoms. The summed E-state index contributed by atoms with van der Waals surface area (Å²) in [4.78, 5) is 74.7. The second kappa shape index (κ2) is 39.4.